The van der Waals surface area contributed by atoms with Crippen LogP contribution in [0.5, 0.6) is 0 Å². The lowest BCUT2D eigenvalue weighted by Crippen LogP contribution is -2.41. The van der Waals surface area contributed by atoms with Crippen LogP contribution < -0.4 is 5.32 Å². The van der Waals surface area contributed by atoms with Gasteiger partial charge < -0.3 is 10.1 Å². The SMILES string of the molecule is Cc1ccc(C(=O)O[C@H](C)C(=O)NC2CCCCCC2)cc1[N+](=O)[O-]. The number of rotatable bonds is 5. The van der Waals surface area contributed by atoms with Crippen LogP contribution in [0.15, 0.2) is 18.2 Å². The average Bonchev–Trinajstić information content (AvgIpc) is 2.83. The van der Waals surface area contributed by atoms with Crippen molar-refractivity contribution < 1.29 is 19.2 Å². The van der Waals surface area contributed by atoms with Gasteiger partial charge in [-0.15, -0.1) is 0 Å². The van der Waals surface area contributed by atoms with Gasteiger partial charge in [0.05, 0.1) is 10.5 Å². The van der Waals surface area contributed by atoms with Crippen molar-refractivity contribution in [1.29, 1.82) is 0 Å². The first-order valence-electron chi connectivity index (χ1n) is 8.65. The minimum absolute atomic E-state index is 0.0615. The molecule has 0 radical (unpaired) electrons. The van der Waals surface area contributed by atoms with Crippen molar-refractivity contribution in [2.75, 3.05) is 0 Å². The number of aryl methyl sites for hydroxylation is 1. The molecule has 25 heavy (non-hydrogen) atoms. The molecule has 0 saturated heterocycles. The highest BCUT2D eigenvalue weighted by atomic mass is 16.6. The van der Waals surface area contributed by atoms with Gasteiger partial charge >= 0.3 is 5.97 Å². The lowest BCUT2D eigenvalue weighted by Gasteiger charge is -2.19. The van der Waals surface area contributed by atoms with Crippen molar-refractivity contribution in [2.45, 2.75) is 64.5 Å². The Morgan fingerprint density at radius 3 is 2.48 bits per heavy atom. The Balaban J connectivity index is 1.96. The molecule has 1 atom stereocenters. The zero-order valence-electron chi connectivity index (χ0n) is 14.6. The highest BCUT2D eigenvalue weighted by molar-refractivity contribution is 5.93. The van der Waals surface area contributed by atoms with Crippen LogP contribution in [0, 0.1) is 17.0 Å². The van der Waals surface area contributed by atoms with Crippen molar-refractivity contribution in [2.24, 2.45) is 0 Å². The average molecular weight is 348 g/mol. The monoisotopic (exact) mass is 348 g/mol. The maximum Gasteiger partial charge on any atom is 0.339 e. The third-order valence-electron chi connectivity index (χ3n) is 4.50. The van der Waals surface area contributed by atoms with E-state index in [1.54, 1.807) is 6.92 Å². The van der Waals surface area contributed by atoms with Gasteiger partial charge in [-0.3, -0.25) is 14.9 Å². The Morgan fingerprint density at radius 2 is 1.88 bits per heavy atom. The van der Waals surface area contributed by atoms with E-state index in [1.807, 2.05) is 0 Å². The van der Waals surface area contributed by atoms with Gasteiger partial charge in [0.2, 0.25) is 0 Å². The molecule has 1 N–H and O–H groups in total. The molecule has 1 amide bonds. The van der Waals surface area contributed by atoms with E-state index in [0.717, 1.165) is 25.7 Å². The Hall–Kier alpha value is -2.44. The van der Waals surface area contributed by atoms with Crippen LogP contribution in [-0.2, 0) is 9.53 Å². The van der Waals surface area contributed by atoms with Gasteiger partial charge in [-0.05, 0) is 32.8 Å². The number of ether oxygens (including phenoxy) is 1. The summed E-state index contributed by atoms with van der Waals surface area (Å²) in [6, 6.07) is 4.25. The minimum atomic E-state index is -0.948. The predicted molar refractivity (Wildman–Crippen MR) is 92.3 cm³/mol. The molecule has 1 aliphatic rings. The van der Waals surface area contributed by atoms with E-state index in [-0.39, 0.29) is 23.2 Å². The summed E-state index contributed by atoms with van der Waals surface area (Å²) in [4.78, 5) is 34.8. The van der Waals surface area contributed by atoms with E-state index in [2.05, 4.69) is 5.32 Å². The lowest BCUT2D eigenvalue weighted by molar-refractivity contribution is -0.385. The van der Waals surface area contributed by atoms with E-state index in [9.17, 15) is 19.7 Å². The molecule has 0 bridgehead atoms. The van der Waals surface area contributed by atoms with Crippen molar-refractivity contribution in [3.63, 3.8) is 0 Å². The Bertz CT molecular complexity index is 651. The smallest absolute Gasteiger partial charge is 0.339 e. The quantitative estimate of drug-likeness (QED) is 0.381. The standard InChI is InChI=1S/C18H24N2O5/c1-12-9-10-14(11-16(12)20(23)24)18(22)25-13(2)17(21)19-15-7-5-3-4-6-8-15/h9-11,13,15H,3-8H2,1-2H3,(H,19,21)/t13-/m1/s1. The van der Waals surface area contributed by atoms with Gasteiger partial charge in [-0.2, -0.15) is 0 Å². The van der Waals surface area contributed by atoms with Crippen LogP contribution in [0.25, 0.3) is 0 Å². The Kier molecular flexibility index (Phi) is 6.50. The molecule has 1 aromatic rings. The number of hydrogen-bond donors (Lipinski definition) is 1. The molecular weight excluding hydrogens is 324 g/mol. The summed E-state index contributed by atoms with van der Waals surface area (Å²) < 4.78 is 5.17. The second-order valence-electron chi connectivity index (χ2n) is 6.50. The molecule has 0 unspecified atom stereocenters. The van der Waals surface area contributed by atoms with Crippen LogP contribution in [0.4, 0.5) is 5.69 Å². The fraction of sp³-hybridized carbons (Fsp3) is 0.556. The first-order chi connectivity index (χ1) is 11.9. The topological polar surface area (TPSA) is 98.5 Å². The third-order valence-corrected chi connectivity index (χ3v) is 4.50. The van der Waals surface area contributed by atoms with Gasteiger partial charge in [0.1, 0.15) is 0 Å². The fourth-order valence-electron chi connectivity index (χ4n) is 2.96. The second-order valence-corrected chi connectivity index (χ2v) is 6.50. The van der Waals surface area contributed by atoms with Crippen molar-refractivity contribution >= 4 is 17.6 Å². The first-order valence-corrected chi connectivity index (χ1v) is 8.65. The molecule has 136 valence electrons. The second kappa shape index (κ2) is 8.60. The van der Waals surface area contributed by atoms with E-state index in [0.29, 0.717) is 5.56 Å². The number of hydrogen-bond acceptors (Lipinski definition) is 5. The highest BCUT2D eigenvalue weighted by Crippen LogP contribution is 2.20. The van der Waals surface area contributed by atoms with E-state index in [4.69, 9.17) is 4.74 Å². The van der Waals surface area contributed by atoms with Gasteiger partial charge in [-0.1, -0.05) is 31.7 Å². The van der Waals surface area contributed by atoms with Crippen LogP contribution in [0.1, 0.15) is 61.4 Å². The first kappa shape index (κ1) is 18.9. The van der Waals surface area contributed by atoms with Crippen LogP contribution in [0.3, 0.4) is 0 Å². The number of carbonyl (C=O) groups excluding carboxylic acids is 2. The normalized spacial score (nSPS) is 16.6. The highest BCUT2D eigenvalue weighted by Gasteiger charge is 2.23. The van der Waals surface area contributed by atoms with Gasteiger partial charge in [0.25, 0.3) is 11.6 Å². The molecular formula is C18H24N2O5. The van der Waals surface area contributed by atoms with Crippen LogP contribution in [-0.4, -0.2) is 28.9 Å². The molecule has 0 aliphatic heterocycles. The molecule has 1 aliphatic carbocycles. The number of nitrogens with zero attached hydrogens (tertiary/aromatic N) is 1. The molecule has 0 spiro atoms. The molecule has 7 heteroatoms. The van der Waals surface area contributed by atoms with Crippen molar-refractivity contribution in [1.82, 2.24) is 5.32 Å². The van der Waals surface area contributed by atoms with Gasteiger partial charge in [0, 0.05) is 17.7 Å². The molecule has 7 nitrogen and oxygen atoms in total. The summed E-state index contributed by atoms with van der Waals surface area (Å²) in [5.74, 6) is -1.08. The number of carbonyl (C=O) groups is 2. The summed E-state index contributed by atoms with van der Waals surface area (Å²) in [5.41, 5.74) is 0.372. The molecule has 2 rings (SSSR count). The van der Waals surface area contributed by atoms with E-state index >= 15 is 0 Å². The number of benzene rings is 1. The molecule has 0 heterocycles. The van der Waals surface area contributed by atoms with E-state index in [1.165, 1.54) is 38.0 Å². The number of nitro groups is 1. The number of esters is 1. The zero-order chi connectivity index (χ0) is 18.4. The summed E-state index contributed by atoms with van der Waals surface area (Å²) in [6.07, 6.45) is 5.48. The number of nitrogens with one attached hydrogen (secondary N) is 1. The Labute approximate surface area is 146 Å². The predicted octanol–water partition coefficient (Wildman–Crippen LogP) is 3.29. The van der Waals surface area contributed by atoms with Crippen molar-refractivity contribution in [3.8, 4) is 0 Å². The zero-order valence-corrected chi connectivity index (χ0v) is 14.6. The fourth-order valence-corrected chi connectivity index (χ4v) is 2.96. The van der Waals surface area contributed by atoms with E-state index < -0.39 is 17.0 Å². The van der Waals surface area contributed by atoms with Gasteiger partial charge in [-0.25, -0.2) is 4.79 Å². The number of nitro benzene ring substituents is 1. The summed E-state index contributed by atoms with van der Waals surface area (Å²) >= 11 is 0. The third kappa shape index (κ3) is 5.27. The molecule has 0 aromatic heterocycles. The number of amides is 1. The summed E-state index contributed by atoms with van der Waals surface area (Å²) in [7, 11) is 0. The Morgan fingerprint density at radius 1 is 1.24 bits per heavy atom. The minimum Gasteiger partial charge on any atom is -0.449 e. The van der Waals surface area contributed by atoms with Gasteiger partial charge in [0.15, 0.2) is 6.10 Å². The molecule has 1 fully saturated rings. The summed E-state index contributed by atoms with van der Waals surface area (Å²) in [5, 5.41) is 13.9. The van der Waals surface area contributed by atoms with Crippen LogP contribution in [0.2, 0.25) is 0 Å². The maximum absolute atomic E-state index is 12.2. The maximum atomic E-state index is 12.2. The largest absolute Gasteiger partial charge is 0.449 e. The molecule has 1 aromatic carbocycles. The lowest BCUT2D eigenvalue weighted by atomic mass is 10.1. The van der Waals surface area contributed by atoms with Crippen LogP contribution >= 0.6 is 0 Å². The van der Waals surface area contributed by atoms with Crippen molar-refractivity contribution in [3.05, 3.63) is 39.4 Å². The summed E-state index contributed by atoms with van der Waals surface area (Å²) in [6.45, 7) is 3.10. The molecule has 1 saturated carbocycles.